The number of rotatable bonds is 43. The van der Waals surface area contributed by atoms with Crippen LogP contribution in [-0.2, 0) is 19.6 Å². The van der Waals surface area contributed by atoms with Crippen molar-refractivity contribution in [3.8, 4) is 0 Å². The van der Waals surface area contributed by atoms with Gasteiger partial charge in [0.1, 0.15) is 10.1 Å². The molecule has 0 saturated heterocycles. The Hall–Kier alpha value is -0.814. The summed E-state index contributed by atoms with van der Waals surface area (Å²) >= 11 is 0. The minimum Gasteiger partial charge on any atom is -0.744 e. The molecule has 0 N–H and O–H groups in total. The number of ether oxygens (including phenoxy) is 2. The first-order valence-corrected chi connectivity index (χ1v) is 26.5. The Balaban J connectivity index is 0.0000360. The zero-order valence-electron chi connectivity index (χ0n) is 39.7. The second-order valence-electron chi connectivity index (χ2n) is 17.1. The molecule has 0 fully saturated rings. The van der Waals surface area contributed by atoms with Crippen molar-refractivity contribution >= 4 is 22.1 Å². The number of hydrogen-bond acceptors (Lipinski definition) is 7. The topological polar surface area (TPSA) is 110 Å². The molecule has 0 aliphatic rings. The van der Waals surface area contributed by atoms with Gasteiger partial charge in [-0.05, 0) is 82.4 Å². The van der Waals surface area contributed by atoms with Crippen LogP contribution in [0.4, 0.5) is 0 Å². The van der Waals surface area contributed by atoms with E-state index in [0.29, 0.717) is 12.8 Å². The van der Waals surface area contributed by atoms with Crippen molar-refractivity contribution < 1.29 is 83.4 Å². The monoisotopic (exact) mass is 897 g/mol. The van der Waals surface area contributed by atoms with E-state index in [0.717, 1.165) is 76.3 Å². The van der Waals surface area contributed by atoms with E-state index in [9.17, 15) is 22.6 Å². The molecule has 0 heterocycles. The maximum absolute atomic E-state index is 13.0. The van der Waals surface area contributed by atoms with E-state index in [2.05, 4.69) is 38.2 Å². The van der Waals surface area contributed by atoms with E-state index in [1.54, 1.807) is 0 Å². The molecule has 1 aromatic carbocycles. The number of allylic oxidation sites excluding steroid dienone is 4. The number of hydrogen-bond donors (Lipinski definition) is 0. The van der Waals surface area contributed by atoms with Gasteiger partial charge in [0.2, 0.25) is 0 Å². The van der Waals surface area contributed by atoms with Crippen LogP contribution >= 0.6 is 0 Å². The number of esters is 2. The van der Waals surface area contributed by atoms with Crippen molar-refractivity contribution in [2.75, 3.05) is 13.2 Å². The molecule has 0 amide bonds. The van der Waals surface area contributed by atoms with Gasteiger partial charge in [0.05, 0.1) is 29.2 Å². The Labute approximate surface area is 418 Å². The average Bonchev–Trinajstić information content (AvgIpc) is 3.24. The van der Waals surface area contributed by atoms with Crippen molar-refractivity contribution in [2.45, 2.75) is 250 Å². The van der Waals surface area contributed by atoms with Crippen LogP contribution in [0.3, 0.4) is 0 Å². The van der Waals surface area contributed by atoms with Crippen LogP contribution in [-0.4, -0.2) is 38.1 Å². The van der Waals surface area contributed by atoms with Gasteiger partial charge < -0.3 is 14.0 Å². The van der Waals surface area contributed by atoms with Gasteiger partial charge >= 0.3 is 63.3 Å². The molecule has 0 aliphatic carbocycles. The third-order valence-electron chi connectivity index (χ3n) is 11.5. The zero-order valence-corrected chi connectivity index (χ0v) is 43.6. The Kier molecular flexibility index (Phi) is 43.8. The second kappa shape index (κ2) is 44.4. The zero-order chi connectivity index (χ0) is 43.6. The van der Waals surface area contributed by atoms with Crippen LogP contribution in [0.2, 0.25) is 0 Å². The van der Waals surface area contributed by atoms with Crippen LogP contribution in [0.15, 0.2) is 47.4 Å². The van der Waals surface area contributed by atoms with E-state index in [4.69, 9.17) is 9.47 Å². The smallest absolute Gasteiger partial charge is 0.744 e. The largest absolute Gasteiger partial charge is 1.00 e. The van der Waals surface area contributed by atoms with E-state index < -0.39 is 27.0 Å². The van der Waals surface area contributed by atoms with Crippen LogP contribution in [0.25, 0.3) is 0 Å². The third-order valence-corrected chi connectivity index (χ3v) is 12.3. The molecular weight excluding hydrogens is 808 g/mol. The first kappa shape index (κ1) is 60.2. The number of carbonyl (C=O) groups excluding carboxylic acids is 2. The summed E-state index contributed by atoms with van der Waals surface area (Å²) in [7, 11) is -4.82. The molecule has 1 aromatic rings. The molecule has 0 atom stereocenters. The average molecular weight is 897 g/mol. The van der Waals surface area contributed by atoms with E-state index in [1.807, 2.05) is 0 Å². The molecule has 0 radical (unpaired) electrons. The summed E-state index contributed by atoms with van der Waals surface area (Å²) in [4.78, 5) is 25.3. The fourth-order valence-electron chi connectivity index (χ4n) is 7.62. The third kappa shape index (κ3) is 37.1. The summed E-state index contributed by atoms with van der Waals surface area (Å²) in [5, 5.41) is 0. The minimum atomic E-state index is -4.82. The van der Waals surface area contributed by atoms with Crippen LogP contribution in [0.5, 0.6) is 0 Å². The maximum Gasteiger partial charge on any atom is 1.00 e. The predicted molar refractivity (Wildman–Crippen MR) is 251 cm³/mol. The van der Waals surface area contributed by atoms with Gasteiger partial charge in [-0.25, -0.2) is 18.0 Å². The fraction of sp³-hybridized carbons (Fsp3) is 0.769. The fourth-order valence-corrected chi connectivity index (χ4v) is 8.12. The molecule has 9 heteroatoms. The number of benzene rings is 1. The Morgan fingerprint density at radius 3 is 1.03 bits per heavy atom. The van der Waals surface area contributed by atoms with Crippen molar-refractivity contribution in [2.24, 2.45) is 0 Å². The maximum atomic E-state index is 13.0. The van der Waals surface area contributed by atoms with Gasteiger partial charge in [-0.15, -0.1) is 0 Å². The molecule has 0 unspecified atom stereocenters. The summed E-state index contributed by atoms with van der Waals surface area (Å²) in [5.74, 6) is -1.56. The molecule has 0 bridgehead atoms. The molecule has 1 rings (SSSR count). The van der Waals surface area contributed by atoms with Crippen molar-refractivity contribution in [3.63, 3.8) is 0 Å². The van der Waals surface area contributed by atoms with Gasteiger partial charge in [0, 0.05) is 0 Å². The van der Waals surface area contributed by atoms with Crippen LogP contribution in [0, 0.1) is 0 Å². The number of unbranched alkanes of at least 4 members (excludes halogenated alkanes) is 32. The molecule has 0 spiro atoms. The Morgan fingerprint density at radius 1 is 0.443 bits per heavy atom. The standard InChI is InChI=1S/C52H90O7S.K/c1-3-5-7-9-11-13-15-17-19-21-23-25-27-29-31-33-35-37-39-41-45-58-51(53)49-44-43-48(60(55,56)57)47-50(49)52(54)59-46-42-40-38-36-34-32-30-28-26-24-22-20-18-16-14-12-10-8-6-4-2;/h27-30,43-44,47H,3-26,31-42,45-46H2,1-2H3,(H,55,56,57);/q;+1/p-1/b29-27+,30-28+;. The summed E-state index contributed by atoms with van der Waals surface area (Å²) in [6.45, 7) is 4.89. The Morgan fingerprint density at radius 2 is 0.721 bits per heavy atom. The van der Waals surface area contributed by atoms with E-state index >= 15 is 0 Å². The van der Waals surface area contributed by atoms with Crippen molar-refractivity contribution in [3.05, 3.63) is 53.6 Å². The minimum absolute atomic E-state index is 0. The predicted octanol–water partition coefficient (Wildman–Crippen LogP) is 13.1. The quantitative estimate of drug-likeness (QED) is 0.0211. The molecule has 0 saturated carbocycles. The van der Waals surface area contributed by atoms with Gasteiger partial charge in [-0.1, -0.05) is 205 Å². The van der Waals surface area contributed by atoms with Gasteiger partial charge in [-0.2, -0.15) is 0 Å². The summed E-state index contributed by atoms with van der Waals surface area (Å²) in [6.07, 6.45) is 53.7. The summed E-state index contributed by atoms with van der Waals surface area (Å²) in [5.41, 5.74) is -0.350. The molecule has 0 aliphatic heterocycles. The second-order valence-corrected chi connectivity index (χ2v) is 18.5. The van der Waals surface area contributed by atoms with E-state index in [1.165, 1.54) is 160 Å². The van der Waals surface area contributed by atoms with Gasteiger partial charge in [0.15, 0.2) is 0 Å². The summed E-state index contributed by atoms with van der Waals surface area (Å²) in [6, 6.07) is 3.13. The molecule has 346 valence electrons. The molecular formula is C52H89KO7S. The van der Waals surface area contributed by atoms with Gasteiger partial charge in [-0.3, -0.25) is 0 Å². The summed E-state index contributed by atoms with van der Waals surface area (Å²) < 4.78 is 45.9. The van der Waals surface area contributed by atoms with Crippen molar-refractivity contribution in [1.29, 1.82) is 0 Å². The molecule has 0 aromatic heterocycles. The first-order chi connectivity index (χ1) is 29.3. The normalized spacial score (nSPS) is 11.7. The SMILES string of the molecule is CCCCCCCCCCCCC/C=C/CCCCCCCOC(=O)c1ccc(S(=O)(=O)[O-])cc1C(=O)OCCCCCCC/C=C/CCCCCCCCCCCCC.[K+]. The van der Waals surface area contributed by atoms with Crippen molar-refractivity contribution in [1.82, 2.24) is 0 Å². The van der Waals surface area contributed by atoms with Gasteiger partial charge in [0.25, 0.3) is 0 Å². The first-order valence-electron chi connectivity index (χ1n) is 25.0. The Bertz CT molecular complexity index is 1340. The molecule has 61 heavy (non-hydrogen) atoms. The molecule has 7 nitrogen and oxygen atoms in total. The van der Waals surface area contributed by atoms with E-state index in [-0.39, 0.29) is 75.7 Å². The van der Waals surface area contributed by atoms with Crippen LogP contribution in [0.1, 0.15) is 266 Å². The number of carbonyl (C=O) groups is 2. The van der Waals surface area contributed by atoms with Crippen LogP contribution < -0.4 is 51.4 Å².